The summed E-state index contributed by atoms with van der Waals surface area (Å²) in [6, 6.07) is 2.68. The van der Waals surface area contributed by atoms with Crippen LogP contribution in [0.1, 0.15) is 30.1 Å². The van der Waals surface area contributed by atoms with Crippen LogP contribution in [0.25, 0.3) is 11.2 Å². The summed E-state index contributed by atoms with van der Waals surface area (Å²) >= 11 is 0. The Kier molecular flexibility index (Phi) is 1.93. The summed E-state index contributed by atoms with van der Waals surface area (Å²) in [5.74, 6) is 0.790. The van der Waals surface area contributed by atoms with Gasteiger partial charge >= 0.3 is 0 Å². The van der Waals surface area contributed by atoms with E-state index in [9.17, 15) is 0 Å². The van der Waals surface area contributed by atoms with Gasteiger partial charge in [0, 0.05) is 24.1 Å². The van der Waals surface area contributed by atoms with Gasteiger partial charge in [0.05, 0.1) is 0 Å². The van der Waals surface area contributed by atoms with Crippen molar-refractivity contribution in [2.75, 3.05) is 6.54 Å². The second-order valence-electron chi connectivity index (χ2n) is 4.94. The summed E-state index contributed by atoms with van der Waals surface area (Å²) < 4.78 is 0. The Bertz CT molecular complexity index is 581. The first kappa shape index (κ1) is 9.48. The van der Waals surface area contributed by atoms with Gasteiger partial charge in [-0.1, -0.05) is 0 Å². The number of pyridine rings is 1. The number of rotatable bonds is 0. The predicted molar refractivity (Wildman–Crippen MR) is 64.5 cm³/mol. The smallest absolute Gasteiger partial charge is 0.178 e. The maximum absolute atomic E-state index is 4.66. The summed E-state index contributed by atoms with van der Waals surface area (Å²) in [6.45, 7) is 1.13. The van der Waals surface area contributed by atoms with Gasteiger partial charge in [-0.25, -0.2) is 9.97 Å². The molecule has 0 spiro atoms. The highest BCUT2D eigenvalue weighted by Gasteiger charge is 2.34. The zero-order valence-corrected chi connectivity index (χ0v) is 9.56. The zero-order chi connectivity index (χ0) is 11.2. The van der Waals surface area contributed by atoms with E-state index in [0.29, 0.717) is 6.04 Å². The minimum absolute atomic E-state index is 0.498. The molecule has 2 aromatic heterocycles. The van der Waals surface area contributed by atoms with Crippen LogP contribution in [0.2, 0.25) is 0 Å². The fraction of sp³-hybridized carbons (Fsp3) is 0.462. The van der Waals surface area contributed by atoms with E-state index in [1.807, 2.05) is 0 Å². The molecule has 0 amide bonds. The molecule has 2 atom stereocenters. The third-order valence-corrected chi connectivity index (χ3v) is 4.01. The van der Waals surface area contributed by atoms with Gasteiger partial charge in [0.2, 0.25) is 0 Å². The van der Waals surface area contributed by atoms with Crippen molar-refractivity contribution in [3.63, 3.8) is 0 Å². The van der Waals surface area contributed by atoms with E-state index >= 15 is 0 Å². The third-order valence-electron chi connectivity index (χ3n) is 4.01. The molecule has 1 fully saturated rings. The summed E-state index contributed by atoms with van der Waals surface area (Å²) in [7, 11) is 0. The van der Waals surface area contributed by atoms with Gasteiger partial charge in [-0.05, 0) is 43.4 Å². The summed E-state index contributed by atoms with van der Waals surface area (Å²) in [6.07, 6.45) is 7.08. The highest BCUT2D eigenvalue weighted by molar-refractivity contribution is 5.70. The maximum Gasteiger partial charge on any atom is 0.178 e. The lowest BCUT2D eigenvalue weighted by Gasteiger charge is -2.27. The number of fused-ring (bicyclic) bond motifs is 4. The quantitative estimate of drug-likeness (QED) is 0.741. The molecule has 4 rings (SSSR count). The summed E-state index contributed by atoms with van der Waals surface area (Å²) in [4.78, 5) is 13.3. The van der Waals surface area contributed by atoms with Crippen LogP contribution in [0.3, 0.4) is 0 Å². The van der Waals surface area contributed by atoms with Crippen LogP contribution in [0.5, 0.6) is 0 Å². The van der Waals surface area contributed by atoms with Crippen molar-refractivity contribution in [2.45, 2.75) is 25.3 Å². The fourth-order valence-electron chi connectivity index (χ4n) is 3.18. The van der Waals surface area contributed by atoms with Gasteiger partial charge in [-0.15, -0.1) is 0 Å². The van der Waals surface area contributed by atoms with Gasteiger partial charge in [-0.3, -0.25) is 4.98 Å². The van der Waals surface area contributed by atoms with Crippen LogP contribution in [-0.4, -0.2) is 21.5 Å². The van der Waals surface area contributed by atoms with E-state index in [1.165, 1.54) is 24.1 Å². The first-order valence-electron chi connectivity index (χ1n) is 6.26. The summed E-state index contributed by atoms with van der Waals surface area (Å²) in [5, 5.41) is 3.59. The normalized spacial score (nSPS) is 26.8. The zero-order valence-electron chi connectivity index (χ0n) is 9.56. The van der Waals surface area contributed by atoms with Crippen molar-refractivity contribution in [1.82, 2.24) is 20.3 Å². The lowest BCUT2D eigenvalue weighted by atomic mass is 9.83. The molecule has 2 unspecified atom stereocenters. The Hall–Kier alpha value is -1.55. The fourth-order valence-corrected chi connectivity index (χ4v) is 3.18. The number of aromatic nitrogens is 3. The average Bonchev–Trinajstić information content (AvgIpc) is 2.85. The number of hydrogen-bond acceptors (Lipinski definition) is 4. The van der Waals surface area contributed by atoms with Gasteiger partial charge in [0.25, 0.3) is 0 Å². The van der Waals surface area contributed by atoms with Gasteiger partial charge in [0.15, 0.2) is 5.65 Å². The highest BCUT2D eigenvalue weighted by atomic mass is 15.0. The predicted octanol–water partition coefficient (Wildman–Crippen LogP) is 1.62. The van der Waals surface area contributed by atoms with E-state index in [2.05, 4.69) is 26.3 Å². The lowest BCUT2D eigenvalue weighted by molar-refractivity contribution is 0.401. The Morgan fingerprint density at radius 3 is 3.12 bits per heavy atom. The van der Waals surface area contributed by atoms with Crippen molar-refractivity contribution < 1.29 is 0 Å². The molecule has 1 aliphatic carbocycles. The van der Waals surface area contributed by atoms with Crippen LogP contribution in [-0.2, 0) is 6.42 Å². The Morgan fingerprint density at radius 1 is 1.18 bits per heavy atom. The molecular formula is C13H14N4. The molecule has 86 valence electrons. The molecule has 0 aromatic carbocycles. The highest BCUT2D eigenvalue weighted by Crippen LogP contribution is 2.39. The molecular weight excluding hydrogens is 212 g/mol. The standard InChI is InChI=1S/C13H14N4/c1-2-10-9(12-8(1)3-4-15-12)7-11-13(17-10)16-6-5-14-11/h5-8,12,15H,1-4H2. The van der Waals surface area contributed by atoms with Crippen molar-refractivity contribution in [3.8, 4) is 0 Å². The maximum atomic E-state index is 4.66. The van der Waals surface area contributed by atoms with E-state index in [-0.39, 0.29) is 0 Å². The van der Waals surface area contributed by atoms with Crippen molar-refractivity contribution in [3.05, 3.63) is 29.7 Å². The molecule has 1 aliphatic heterocycles. The molecule has 0 saturated carbocycles. The molecule has 2 aliphatic rings. The van der Waals surface area contributed by atoms with E-state index < -0.39 is 0 Å². The number of nitrogens with one attached hydrogen (secondary N) is 1. The van der Waals surface area contributed by atoms with Crippen LogP contribution in [0.4, 0.5) is 0 Å². The molecule has 1 saturated heterocycles. The molecule has 0 radical (unpaired) electrons. The molecule has 1 N–H and O–H groups in total. The van der Waals surface area contributed by atoms with Crippen LogP contribution in [0, 0.1) is 5.92 Å². The molecule has 17 heavy (non-hydrogen) atoms. The summed E-state index contributed by atoms with van der Waals surface area (Å²) in [5.41, 5.74) is 4.27. The molecule has 4 nitrogen and oxygen atoms in total. The van der Waals surface area contributed by atoms with Crippen LogP contribution >= 0.6 is 0 Å². The number of aryl methyl sites for hydroxylation is 1. The van der Waals surface area contributed by atoms with Crippen LogP contribution in [0.15, 0.2) is 18.5 Å². The Morgan fingerprint density at radius 2 is 2.12 bits per heavy atom. The first-order valence-corrected chi connectivity index (χ1v) is 6.26. The minimum Gasteiger partial charge on any atom is -0.310 e. The van der Waals surface area contributed by atoms with Crippen molar-refractivity contribution >= 4 is 11.2 Å². The largest absolute Gasteiger partial charge is 0.310 e. The lowest BCUT2D eigenvalue weighted by Crippen LogP contribution is -2.24. The monoisotopic (exact) mass is 226 g/mol. The second-order valence-corrected chi connectivity index (χ2v) is 4.94. The second kappa shape index (κ2) is 3.47. The third kappa shape index (κ3) is 1.37. The average molecular weight is 226 g/mol. The number of hydrogen-bond donors (Lipinski definition) is 1. The van der Waals surface area contributed by atoms with Crippen molar-refractivity contribution in [1.29, 1.82) is 0 Å². The van der Waals surface area contributed by atoms with Crippen molar-refractivity contribution in [2.24, 2.45) is 5.92 Å². The topological polar surface area (TPSA) is 50.7 Å². The van der Waals surface area contributed by atoms with E-state index in [0.717, 1.165) is 30.0 Å². The van der Waals surface area contributed by atoms with Gasteiger partial charge in [0.1, 0.15) is 5.52 Å². The first-order chi connectivity index (χ1) is 8.42. The minimum atomic E-state index is 0.498. The number of nitrogens with zero attached hydrogens (tertiary/aromatic N) is 3. The van der Waals surface area contributed by atoms with Gasteiger partial charge in [-0.2, -0.15) is 0 Å². The van der Waals surface area contributed by atoms with E-state index in [4.69, 9.17) is 0 Å². The van der Waals surface area contributed by atoms with Gasteiger partial charge < -0.3 is 5.32 Å². The molecule has 4 heteroatoms. The molecule has 0 bridgehead atoms. The molecule has 3 heterocycles. The Labute approximate surface area is 99.5 Å². The molecule has 2 aromatic rings. The SMILES string of the molecule is c1cnc2nc3c(cc2n1)C1NCCC1CC3. The van der Waals surface area contributed by atoms with Crippen LogP contribution < -0.4 is 5.32 Å². The van der Waals surface area contributed by atoms with E-state index in [1.54, 1.807) is 12.4 Å². The Balaban J connectivity index is 1.93.